The molecule has 1 rings (SSSR count). The summed E-state index contributed by atoms with van der Waals surface area (Å²) in [5.74, 6) is -0.323. The monoisotopic (exact) mass is 360 g/mol. The van der Waals surface area contributed by atoms with Gasteiger partial charge in [-0.3, -0.25) is 10.1 Å². The first-order chi connectivity index (χ1) is 10.9. The van der Waals surface area contributed by atoms with E-state index in [1.54, 1.807) is 12.1 Å². The van der Waals surface area contributed by atoms with Gasteiger partial charge in [0.1, 0.15) is 0 Å². The van der Waals surface area contributed by atoms with Gasteiger partial charge in [0.05, 0.1) is 37.3 Å². The topological polar surface area (TPSA) is 55.1 Å². The molecule has 0 aliphatic rings. The van der Waals surface area contributed by atoms with Crippen molar-refractivity contribution in [1.29, 1.82) is 0 Å². The number of halogens is 2. The van der Waals surface area contributed by atoms with Crippen molar-refractivity contribution in [1.82, 2.24) is 5.32 Å². The van der Waals surface area contributed by atoms with E-state index in [2.05, 4.69) is 24.4 Å². The molecule has 0 spiro atoms. The minimum Gasteiger partial charge on any atom is -0.465 e. The van der Waals surface area contributed by atoms with Gasteiger partial charge in [-0.2, -0.15) is 0 Å². The van der Waals surface area contributed by atoms with Crippen molar-refractivity contribution < 1.29 is 14.4 Å². The van der Waals surface area contributed by atoms with Crippen LogP contribution in [0, 0.1) is 0 Å². The van der Waals surface area contributed by atoms with E-state index in [4.69, 9.17) is 27.9 Å². The Morgan fingerprint density at radius 1 is 1.30 bits per heavy atom. The highest BCUT2D eigenvalue weighted by atomic mass is 35.5. The third kappa shape index (κ3) is 7.68. The van der Waals surface area contributed by atoms with Gasteiger partial charge in [0.15, 0.2) is 0 Å². The van der Waals surface area contributed by atoms with Gasteiger partial charge in [-0.05, 0) is 24.6 Å². The highest BCUT2D eigenvalue weighted by Crippen LogP contribution is 2.22. The summed E-state index contributed by atoms with van der Waals surface area (Å²) in [4.78, 5) is 17.9. The van der Waals surface area contributed by atoms with Crippen LogP contribution in [0.3, 0.4) is 0 Å². The summed E-state index contributed by atoms with van der Waals surface area (Å²) in [7, 11) is 4.18. The summed E-state index contributed by atoms with van der Waals surface area (Å²) in [6.07, 6.45) is 1.76. The van der Waals surface area contributed by atoms with Crippen LogP contribution in [0.4, 0.5) is 0 Å². The number of quaternary nitrogens is 1. The molecule has 2 N–H and O–H groups in total. The number of aliphatic imine (C=N–C) groups is 1. The first-order valence-corrected chi connectivity index (χ1v) is 8.42. The van der Waals surface area contributed by atoms with Crippen LogP contribution in [0.2, 0.25) is 10.0 Å². The van der Waals surface area contributed by atoms with Crippen molar-refractivity contribution in [2.24, 2.45) is 4.99 Å². The molecule has 0 unspecified atom stereocenters. The quantitative estimate of drug-likeness (QED) is 0.444. The van der Waals surface area contributed by atoms with Crippen LogP contribution in [-0.4, -0.2) is 45.7 Å². The van der Waals surface area contributed by atoms with Crippen molar-refractivity contribution in [3.05, 3.63) is 33.8 Å². The lowest BCUT2D eigenvalue weighted by Crippen LogP contribution is -3.05. The Labute approximate surface area is 147 Å². The van der Waals surface area contributed by atoms with Gasteiger partial charge in [0.2, 0.25) is 0 Å². The van der Waals surface area contributed by atoms with Crippen LogP contribution < -0.4 is 10.2 Å². The molecular weight excluding hydrogens is 337 g/mol. The van der Waals surface area contributed by atoms with E-state index >= 15 is 0 Å². The molecule has 0 aliphatic heterocycles. The number of ether oxygens (including phenoxy) is 1. The maximum absolute atomic E-state index is 12.2. The predicted octanol–water partition coefficient (Wildman–Crippen LogP) is 2.04. The number of amides is 1. The Kier molecular flexibility index (Phi) is 8.99. The van der Waals surface area contributed by atoms with Gasteiger partial charge in [0.25, 0.3) is 11.9 Å². The van der Waals surface area contributed by atoms with Crippen molar-refractivity contribution in [3.63, 3.8) is 0 Å². The molecule has 5 nitrogen and oxygen atoms in total. The third-order valence-corrected chi connectivity index (χ3v) is 3.67. The average molecular weight is 361 g/mol. The summed E-state index contributed by atoms with van der Waals surface area (Å²) in [6.45, 7) is 4.10. The number of nitrogens with zero attached hydrogens (tertiary/aromatic N) is 1. The fourth-order valence-corrected chi connectivity index (χ4v) is 2.04. The minimum absolute atomic E-state index is 0.247. The Hall–Kier alpha value is -1.30. The SMILES string of the molecule is CCCOC(=NCCC[NH+](C)C)NC(=O)c1ccc(Cl)c(Cl)c1. The Bertz CT molecular complexity index is 548. The average Bonchev–Trinajstić information content (AvgIpc) is 2.51. The van der Waals surface area contributed by atoms with Gasteiger partial charge in [-0.15, -0.1) is 0 Å². The first-order valence-electron chi connectivity index (χ1n) is 7.66. The van der Waals surface area contributed by atoms with E-state index in [9.17, 15) is 4.79 Å². The molecule has 0 aliphatic carbocycles. The molecule has 0 heterocycles. The van der Waals surface area contributed by atoms with Gasteiger partial charge < -0.3 is 9.64 Å². The number of hydrogen-bond donors (Lipinski definition) is 2. The van der Waals surface area contributed by atoms with Gasteiger partial charge in [-0.1, -0.05) is 30.1 Å². The van der Waals surface area contributed by atoms with Crippen LogP contribution in [0.15, 0.2) is 23.2 Å². The number of benzene rings is 1. The largest absolute Gasteiger partial charge is 0.465 e. The Morgan fingerprint density at radius 3 is 2.65 bits per heavy atom. The van der Waals surface area contributed by atoms with Crippen LogP contribution in [0.25, 0.3) is 0 Å². The number of carbonyl (C=O) groups excluding carboxylic acids is 1. The number of amidine groups is 1. The lowest BCUT2D eigenvalue weighted by Gasteiger charge is -2.11. The summed E-state index contributed by atoms with van der Waals surface area (Å²) >= 11 is 11.8. The van der Waals surface area contributed by atoms with Crippen molar-refractivity contribution in [2.75, 3.05) is 33.8 Å². The maximum atomic E-state index is 12.2. The molecule has 23 heavy (non-hydrogen) atoms. The molecule has 0 aromatic heterocycles. The summed E-state index contributed by atoms with van der Waals surface area (Å²) in [5.41, 5.74) is 0.407. The zero-order valence-corrected chi connectivity index (χ0v) is 15.3. The highest BCUT2D eigenvalue weighted by molar-refractivity contribution is 6.42. The Morgan fingerprint density at radius 2 is 2.04 bits per heavy atom. The number of carbonyl (C=O) groups is 1. The van der Waals surface area contributed by atoms with Gasteiger partial charge in [0, 0.05) is 18.5 Å². The second-order valence-corrected chi connectivity index (χ2v) is 6.24. The molecule has 1 aromatic rings. The zero-order chi connectivity index (χ0) is 17.2. The van der Waals surface area contributed by atoms with E-state index in [1.807, 2.05) is 6.92 Å². The highest BCUT2D eigenvalue weighted by Gasteiger charge is 2.11. The maximum Gasteiger partial charge on any atom is 0.291 e. The molecule has 7 heteroatoms. The molecule has 0 radical (unpaired) electrons. The molecule has 0 bridgehead atoms. The van der Waals surface area contributed by atoms with E-state index in [0.29, 0.717) is 28.8 Å². The van der Waals surface area contributed by atoms with Crippen LogP contribution in [0.1, 0.15) is 30.1 Å². The summed E-state index contributed by atoms with van der Waals surface area (Å²) in [5, 5.41) is 3.43. The molecule has 0 saturated carbocycles. The molecule has 0 fully saturated rings. The number of nitrogens with one attached hydrogen (secondary N) is 2. The second-order valence-electron chi connectivity index (χ2n) is 5.43. The molecule has 1 aromatic carbocycles. The van der Waals surface area contributed by atoms with E-state index in [-0.39, 0.29) is 11.9 Å². The molecule has 128 valence electrons. The van der Waals surface area contributed by atoms with Crippen LogP contribution >= 0.6 is 23.2 Å². The van der Waals surface area contributed by atoms with Crippen molar-refractivity contribution in [3.8, 4) is 0 Å². The molecular formula is C16H24Cl2N3O2+. The van der Waals surface area contributed by atoms with Gasteiger partial charge >= 0.3 is 0 Å². The normalized spacial score (nSPS) is 11.7. The smallest absolute Gasteiger partial charge is 0.291 e. The summed E-state index contributed by atoms with van der Waals surface area (Å²) in [6, 6.07) is 4.96. The summed E-state index contributed by atoms with van der Waals surface area (Å²) < 4.78 is 5.50. The zero-order valence-electron chi connectivity index (χ0n) is 13.8. The fraction of sp³-hybridized carbons (Fsp3) is 0.500. The lowest BCUT2D eigenvalue weighted by molar-refractivity contribution is -0.858. The molecule has 1 amide bonds. The fourth-order valence-electron chi connectivity index (χ4n) is 1.74. The molecule has 0 saturated heterocycles. The van der Waals surface area contributed by atoms with Crippen LogP contribution in [-0.2, 0) is 4.74 Å². The van der Waals surface area contributed by atoms with E-state index in [1.165, 1.54) is 11.0 Å². The lowest BCUT2D eigenvalue weighted by atomic mass is 10.2. The molecule has 0 atom stereocenters. The van der Waals surface area contributed by atoms with Crippen molar-refractivity contribution in [2.45, 2.75) is 19.8 Å². The van der Waals surface area contributed by atoms with Crippen molar-refractivity contribution >= 4 is 35.1 Å². The minimum atomic E-state index is -0.323. The first kappa shape index (κ1) is 19.7. The number of hydrogen-bond acceptors (Lipinski definition) is 3. The standard InChI is InChI=1S/C16H23Cl2N3O2/c1-4-10-23-16(19-8-5-9-21(2)3)20-15(22)12-6-7-13(17)14(18)11-12/h6-7,11H,4-5,8-10H2,1-3H3,(H,19,20,22)/p+1. The van der Waals surface area contributed by atoms with E-state index in [0.717, 1.165) is 19.4 Å². The number of rotatable bonds is 7. The van der Waals surface area contributed by atoms with E-state index < -0.39 is 0 Å². The second kappa shape index (κ2) is 10.5. The van der Waals surface area contributed by atoms with Gasteiger partial charge in [-0.25, -0.2) is 4.99 Å². The Balaban J connectivity index is 2.68. The van der Waals surface area contributed by atoms with Crippen LogP contribution in [0.5, 0.6) is 0 Å². The third-order valence-electron chi connectivity index (χ3n) is 2.94. The predicted molar refractivity (Wildman–Crippen MR) is 94.8 cm³/mol.